The molecule has 0 unspecified atom stereocenters. The average Bonchev–Trinajstić information content (AvgIpc) is 2.15. The predicted molar refractivity (Wildman–Crippen MR) is 56.3 cm³/mol. The second-order valence-corrected chi connectivity index (χ2v) is 2.40. The van der Waals surface area contributed by atoms with Crippen molar-refractivity contribution in [1.29, 1.82) is 0 Å². The van der Waals surface area contributed by atoms with E-state index in [9.17, 15) is 4.79 Å². The molecule has 0 aliphatic rings. The van der Waals surface area contributed by atoms with E-state index in [2.05, 4.69) is 6.58 Å². The third-order valence-corrected chi connectivity index (χ3v) is 1.47. The summed E-state index contributed by atoms with van der Waals surface area (Å²) in [6.45, 7) is 3.79. The zero-order valence-corrected chi connectivity index (χ0v) is 8.29. The monoisotopic (exact) mass is 214 g/mol. The lowest BCUT2D eigenvalue weighted by molar-refractivity contribution is 0.0693. The molecule has 1 rings (SSSR count). The Balaban J connectivity index is 0.00000169. The first kappa shape index (κ1) is 12.5. The topological polar surface area (TPSA) is 46.5 Å². The first-order valence-corrected chi connectivity index (χ1v) is 3.81. The van der Waals surface area contributed by atoms with Crippen molar-refractivity contribution in [2.24, 2.45) is 0 Å². The zero-order chi connectivity index (χ0) is 9.68. The summed E-state index contributed by atoms with van der Waals surface area (Å²) < 4.78 is 5.15. The molecule has 1 aromatic rings. The molecule has 0 aromatic heterocycles. The molecule has 0 saturated carbocycles. The Morgan fingerprint density at radius 2 is 2.14 bits per heavy atom. The van der Waals surface area contributed by atoms with E-state index in [0.29, 0.717) is 12.4 Å². The van der Waals surface area contributed by atoms with Gasteiger partial charge in [-0.2, -0.15) is 0 Å². The average molecular weight is 215 g/mol. The Hall–Kier alpha value is -1.48. The van der Waals surface area contributed by atoms with Crippen LogP contribution in [0.5, 0.6) is 5.75 Å². The van der Waals surface area contributed by atoms with Crippen LogP contribution in [0.25, 0.3) is 0 Å². The van der Waals surface area contributed by atoms with E-state index in [1.165, 1.54) is 6.07 Å². The van der Waals surface area contributed by atoms with Crippen molar-refractivity contribution in [1.82, 2.24) is 0 Å². The molecule has 0 bridgehead atoms. The fourth-order valence-corrected chi connectivity index (χ4v) is 0.918. The molecule has 0 radical (unpaired) electrons. The summed E-state index contributed by atoms with van der Waals surface area (Å²) in [6, 6.07) is 6.50. The van der Waals surface area contributed by atoms with Gasteiger partial charge in [0.05, 0.1) is 0 Å². The molecule has 0 atom stereocenters. The Kier molecular flexibility index (Phi) is 5.41. The Labute approximate surface area is 88.4 Å². The summed E-state index contributed by atoms with van der Waals surface area (Å²) in [6.07, 6.45) is 1.57. The van der Waals surface area contributed by atoms with Gasteiger partial charge in [0.25, 0.3) is 0 Å². The van der Waals surface area contributed by atoms with Crippen molar-refractivity contribution < 1.29 is 14.6 Å². The van der Waals surface area contributed by atoms with Crippen LogP contribution in [0.4, 0.5) is 0 Å². The van der Waals surface area contributed by atoms with Gasteiger partial charge in [-0.25, -0.2) is 4.79 Å². The van der Waals surface area contributed by atoms with Gasteiger partial charge in [-0.05, 0) is 12.1 Å². The van der Waals surface area contributed by atoms with Gasteiger partial charge in [0, 0.05) is 0 Å². The molecule has 0 saturated heterocycles. The van der Waals surface area contributed by atoms with Gasteiger partial charge in [0.2, 0.25) is 0 Å². The quantitative estimate of drug-likeness (QED) is 0.783. The number of ether oxygens (including phenoxy) is 1. The Morgan fingerprint density at radius 1 is 1.50 bits per heavy atom. The number of para-hydroxylation sites is 1. The van der Waals surface area contributed by atoms with Crippen molar-refractivity contribution >= 4 is 18.4 Å². The van der Waals surface area contributed by atoms with E-state index in [0.717, 1.165) is 0 Å². The molecule has 0 amide bonds. The molecule has 0 aliphatic heterocycles. The van der Waals surface area contributed by atoms with Crippen LogP contribution in [0.15, 0.2) is 36.9 Å². The van der Waals surface area contributed by atoms with Gasteiger partial charge in [0.1, 0.15) is 17.9 Å². The van der Waals surface area contributed by atoms with Crippen molar-refractivity contribution in [2.45, 2.75) is 0 Å². The number of aromatic carboxylic acids is 1. The van der Waals surface area contributed by atoms with E-state index in [1.54, 1.807) is 24.3 Å². The Morgan fingerprint density at radius 3 is 2.71 bits per heavy atom. The number of carboxylic acids is 1. The first-order chi connectivity index (χ1) is 6.25. The van der Waals surface area contributed by atoms with E-state index >= 15 is 0 Å². The van der Waals surface area contributed by atoms with E-state index < -0.39 is 5.97 Å². The minimum absolute atomic E-state index is 0. The highest BCUT2D eigenvalue weighted by molar-refractivity contribution is 5.90. The van der Waals surface area contributed by atoms with Crippen molar-refractivity contribution in [3.63, 3.8) is 0 Å². The van der Waals surface area contributed by atoms with Crippen LogP contribution in [-0.2, 0) is 0 Å². The SMILES string of the molecule is C=CCOc1ccccc1C(=O)O.Cl. The predicted octanol–water partition coefficient (Wildman–Crippen LogP) is 2.37. The van der Waals surface area contributed by atoms with Gasteiger partial charge in [-0.3, -0.25) is 0 Å². The maximum Gasteiger partial charge on any atom is 0.339 e. The first-order valence-electron chi connectivity index (χ1n) is 3.81. The number of halogens is 1. The van der Waals surface area contributed by atoms with Gasteiger partial charge in [-0.15, -0.1) is 12.4 Å². The summed E-state index contributed by atoms with van der Waals surface area (Å²) >= 11 is 0. The number of rotatable bonds is 4. The van der Waals surface area contributed by atoms with E-state index in [1.807, 2.05) is 0 Å². The summed E-state index contributed by atoms with van der Waals surface area (Å²) in [5.74, 6) is -0.616. The lowest BCUT2D eigenvalue weighted by atomic mass is 10.2. The van der Waals surface area contributed by atoms with Crippen LogP contribution in [-0.4, -0.2) is 17.7 Å². The number of hydrogen-bond acceptors (Lipinski definition) is 2. The smallest absolute Gasteiger partial charge is 0.339 e. The highest BCUT2D eigenvalue weighted by Gasteiger charge is 2.08. The molecule has 1 aromatic carbocycles. The van der Waals surface area contributed by atoms with Crippen LogP contribution in [0.3, 0.4) is 0 Å². The molecular formula is C10H11ClO3. The maximum atomic E-state index is 10.7. The molecule has 0 heterocycles. The van der Waals surface area contributed by atoms with Crippen LogP contribution in [0.2, 0.25) is 0 Å². The maximum absolute atomic E-state index is 10.7. The molecule has 3 nitrogen and oxygen atoms in total. The van der Waals surface area contributed by atoms with Crippen LogP contribution < -0.4 is 4.74 Å². The van der Waals surface area contributed by atoms with Crippen molar-refractivity contribution in [2.75, 3.05) is 6.61 Å². The minimum Gasteiger partial charge on any atom is -0.489 e. The lowest BCUT2D eigenvalue weighted by Crippen LogP contribution is -2.02. The highest BCUT2D eigenvalue weighted by atomic mass is 35.5. The van der Waals surface area contributed by atoms with Crippen molar-refractivity contribution in [3.05, 3.63) is 42.5 Å². The van der Waals surface area contributed by atoms with Crippen LogP contribution in [0.1, 0.15) is 10.4 Å². The molecule has 14 heavy (non-hydrogen) atoms. The van der Waals surface area contributed by atoms with Crippen LogP contribution >= 0.6 is 12.4 Å². The summed E-state index contributed by atoms with van der Waals surface area (Å²) in [5, 5.41) is 8.76. The number of benzene rings is 1. The van der Waals surface area contributed by atoms with E-state index in [-0.39, 0.29) is 18.0 Å². The van der Waals surface area contributed by atoms with E-state index in [4.69, 9.17) is 9.84 Å². The minimum atomic E-state index is -0.986. The third kappa shape index (κ3) is 3.11. The number of carbonyl (C=O) groups is 1. The van der Waals surface area contributed by atoms with Crippen LogP contribution in [0, 0.1) is 0 Å². The summed E-state index contributed by atoms with van der Waals surface area (Å²) in [4.78, 5) is 10.7. The van der Waals surface area contributed by atoms with Gasteiger partial charge >= 0.3 is 5.97 Å². The fourth-order valence-electron chi connectivity index (χ4n) is 0.918. The third-order valence-electron chi connectivity index (χ3n) is 1.47. The fraction of sp³-hybridized carbons (Fsp3) is 0.100. The molecule has 0 aliphatic carbocycles. The summed E-state index contributed by atoms with van der Waals surface area (Å²) in [5.41, 5.74) is 0.171. The normalized spacial score (nSPS) is 8.57. The second kappa shape index (κ2) is 6.05. The molecule has 0 fully saturated rings. The van der Waals surface area contributed by atoms with Gasteiger partial charge < -0.3 is 9.84 Å². The van der Waals surface area contributed by atoms with Gasteiger partial charge in [0.15, 0.2) is 0 Å². The lowest BCUT2D eigenvalue weighted by Gasteiger charge is -2.05. The molecular weight excluding hydrogens is 204 g/mol. The number of carboxylic acid groups (broad SMARTS) is 1. The molecule has 76 valence electrons. The molecule has 0 spiro atoms. The van der Waals surface area contributed by atoms with Crippen molar-refractivity contribution in [3.8, 4) is 5.75 Å². The van der Waals surface area contributed by atoms with Gasteiger partial charge in [-0.1, -0.05) is 24.8 Å². The largest absolute Gasteiger partial charge is 0.489 e. The Bertz CT molecular complexity index is 323. The zero-order valence-electron chi connectivity index (χ0n) is 7.47. The molecule has 4 heteroatoms. The molecule has 1 N–H and O–H groups in total. The standard InChI is InChI=1S/C10H10O3.ClH/c1-2-7-13-9-6-4-3-5-8(9)10(11)12;/h2-6H,1,7H2,(H,11,12);1H. The number of hydrogen-bond donors (Lipinski definition) is 1. The summed E-state index contributed by atoms with van der Waals surface area (Å²) in [7, 11) is 0. The highest BCUT2D eigenvalue weighted by Crippen LogP contribution is 2.17. The second-order valence-electron chi connectivity index (χ2n) is 2.40.